The van der Waals surface area contributed by atoms with Gasteiger partial charge in [-0.05, 0) is 41.3 Å². The minimum absolute atomic E-state index is 0.0550. The molecule has 1 atom stereocenters. The van der Waals surface area contributed by atoms with Gasteiger partial charge in [0, 0.05) is 17.7 Å². The molecule has 4 rings (SSSR count). The lowest BCUT2D eigenvalue weighted by molar-refractivity contribution is -0.384. The molecule has 34 heavy (non-hydrogen) atoms. The van der Waals surface area contributed by atoms with Crippen molar-refractivity contribution in [2.75, 3.05) is 6.61 Å². The summed E-state index contributed by atoms with van der Waals surface area (Å²) < 4.78 is 17.1. The minimum atomic E-state index is -0.865. The van der Waals surface area contributed by atoms with E-state index < -0.39 is 16.9 Å². The SMILES string of the molecule is CC(C)(C)c1ccc2c(c1)O[C@H](C(=O)N/N=C\c1ccc(-c3cc([N+](=O)[O-])ccc3Cl)o1)CO2. The van der Waals surface area contributed by atoms with Gasteiger partial charge in [-0.1, -0.05) is 38.4 Å². The minimum Gasteiger partial charge on any atom is -0.485 e. The molecule has 1 aliphatic rings. The van der Waals surface area contributed by atoms with Crippen molar-refractivity contribution in [1.82, 2.24) is 5.43 Å². The zero-order valence-electron chi connectivity index (χ0n) is 18.7. The maximum absolute atomic E-state index is 12.5. The summed E-state index contributed by atoms with van der Waals surface area (Å²) in [5.41, 5.74) is 3.67. The highest BCUT2D eigenvalue weighted by Gasteiger charge is 2.28. The van der Waals surface area contributed by atoms with Gasteiger partial charge in [0.05, 0.1) is 16.2 Å². The van der Waals surface area contributed by atoms with Crippen LogP contribution >= 0.6 is 11.6 Å². The summed E-state index contributed by atoms with van der Waals surface area (Å²) in [7, 11) is 0. The Balaban J connectivity index is 1.41. The van der Waals surface area contributed by atoms with Crippen LogP contribution in [0.25, 0.3) is 11.3 Å². The van der Waals surface area contributed by atoms with Crippen LogP contribution in [0.1, 0.15) is 32.1 Å². The number of halogens is 1. The number of carbonyl (C=O) groups is 1. The molecule has 176 valence electrons. The molecule has 9 nitrogen and oxygen atoms in total. The number of nitro benzene ring substituents is 1. The van der Waals surface area contributed by atoms with E-state index in [1.54, 1.807) is 12.1 Å². The number of hydrogen-bond acceptors (Lipinski definition) is 7. The van der Waals surface area contributed by atoms with Gasteiger partial charge in [0.2, 0.25) is 6.10 Å². The number of nitrogens with zero attached hydrogens (tertiary/aromatic N) is 2. The number of amides is 1. The Morgan fingerprint density at radius 1 is 1.18 bits per heavy atom. The molecular formula is C24H22ClN3O6. The van der Waals surface area contributed by atoms with Gasteiger partial charge in [0.25, 0.3) is 11.6 Å². The third kappa shape index (κ3) is 5.04. The van der Waals surface area contributed by atoms with Gasteiger partial charge in [-0.3, -0.25) is 14.9 Å². The number of nitro groups is 1. The van der Waals surface area contributed by atoms with Crippen LogP contribution in [-0.4, -0.2) is 29.8 Å². The molecule has 1 aliphatic heterocycles. The predicted molar refractivity (Wildman–Crippen MR) is 127 cm³/mol. The number of hydrogen-bond donors (Lipinski definition) is 1. The standard InChI is InChI=1S/C24H22ClN3O6/c1-24(2,3)14-4-8-20-21(10-14)34-22(13-32-20)23(29)27-26-12-16-6-9-19(33-16)17-11-15(28(30)31)5-7-18(17)25/h4-12,22H,13H2,1-3H3,(H,27,29)/b26-12-/t22-/m0/s1. The van der Waals surface area contributed by atoms with Gasteiger partial charge in [-0.25, -0.2) is 5.43 Å². The van der Waals surface area contributed by atoms with Gasteiger partial charge in [0.1, 0.15) is 18.1 Å². The molecule has 3 aromatic rings. The number of non-ortho nitro benzene ring substituents is 1. The van der Waals surface area contributed by atoms with Gasteiger partial charge in [-0.15, -0.1) is 0 Å². The fourth-order valence-electron chi connectivity index (χ4n) is 3.28. The number of rotatable bonds is 5. The molecule has 0 bridgehead atoms. The Morgan fingerprint density at radius 2 is 1.97 bits per heavy atom. The lowest BCUT2D eigenvalue weighted by Gasteiger charge is -2.27. The monoisotopic (exact) mass is 483 g/mol. The first kappa shape index (κ1) is 23.3. The van der Waals surface area contributed by atoms with Crippen molar-refractivity contribution in [1.29, 1.82) is 0 Å². The smallest absolute Gasteiger partial charge is 0.284 e. The molecule has 1 amide bonds. The molecule has 0 spiro atoms. The summed E-state index contributed by atoms with van der Waals surface area (Å²) in [4.78, 5) is 23.0. The summed E-state index contributed by atoms with van der Waals surface area (Å²) in [6, 6.07) is 13.0. The average molecular weight is 484 g/mol. The van der Waals surface area contributed by atoms with Crippen molar-refractivity contribution in [3.05, 3.63) is 75.0 Å². The summed E-state index contributed by atoms with van der Waals surface area (Å²) in [6.45, 7) is 6.32. The molecule has 0 aliphatic carbocycles. The Labute approximate surface area is 200 Å². The predicted octanol–water partition coefficient (Wildman–Crippen LogP) is 5.10. The third-order valence-electron chi connectivity index (χ3n) is 5.18. The number of nitrogens with one attached hydrogen (secondary N) is 1. The fraction of sp³-hybridized carbons (Fsp3) is 0.250. The van der Waals surface area contributed by atoms with Crippen LogP contribution < -0.4 is 14.9 Å². The van der Waals surface area contributed by atoms with E-state index >= 15 is 0 Å². The normalized spacial score (nSPS) is 15.4. The van der Waals surface area contributed by atoms with Crippen LogP contribution in [0.15, 0.2) is 58.0 Å². The van der Waals surface area contributed by atoms with Crippen LogP contribution in [0.3, 0.4) is 0 Å². The molecule has 0 radical (unpaired) electrons. The second kappa shape index (κ2) is 9.18. The van der Waals surface area contributed by atoms with Crippen molar-refractivity contribution in [2.45, 2.75) is 32.3 Å². The molecule has 1 N–H and O–H groups in total. The number of carbonyl (C=O) groups excluding carboxylic acids is 1. The molecule has 10 heteroatoms. The maximum atomic E-state index is 12.5. The van der Waals surface area contributed by atoms with Crippen molar-refractivity contribution in [3.63, 3.8) is 0 Å². The molecule has 1 aromatic heterocycles. The first-order valence-electron chi connectivity index (χ1n) is 10.4. The Hall–Kier alpha value is -3.85. The number of benzene rings is 2. The van der Waals surface area contributed by atoms with E-state index in [9.17, 15) is 14.9 Å². The van der Waals surface area contributed by atoms with E-state index in [0.717, 1.165) is 5.56 Å². The summed E-state index contributed by atoms with van der Waals surface area (Å²) >= 11 is 6.15. The van der Waals surface area contributed by atoms with E-state index in [1.165, 1.54) is 24.4 Å². The number of furan rings is 1. The first-order valence-corrected chi connectivity index (χ1v) is 10.8. The summed E-state index contributed by atoms with van der Waals surface area (Å²) in [6.07, 6.45) is 0.442. The van der Waals surface area contributed by atoms with Gasteiger partial charge in [0.15, 0.2) is 11.5 Å². The van der Waals surface area contributed by atoms with E-state index in [2.05, 4.69) is 31.3 Å². The van der Waals surface area contributed by atoms with E-state index in [1.807, 2.05) is 18.2 Å². The number of hydrazone groups is 1. The quantitative estimate of drug-likeness (QED) is 0.306. The van der Waals surface area contributed by atoms with Crippen LogP contribution in [0.2, 0.25) is 5.02 Å². The Bertz CT molecular complexity index is 1280. The van der Waals surface area contributed by atoms with Crippen LogP contribution in [0, 0.1) is 10.1 Å². The maximum Gasteiger partial charge on any atom is 0.284 e. The molecule has 2 aromatic carbocycles. The molecule has 0 saturated carbocycles. The highest BCUT2D eigenvalue weighted by molar-refractivity contribution is 6.33. The van der Waals surface area contributed by atoms with E-state index in [4.69, 9.17) is 25.5 Å². The molecular weight excluding hydrogens is 462 g/mol. The van der Waals surface area contributed by atoms with Gasteiger partial charge < -0.3 is 13.9 Å². The summed E-state index contributed by atoms with van der Waals surface area (Å²) in [5, 5.41) is 15.2. The number of ether oxygens (including phenoxy) is 2. The third-order valence-corrected chi connectivity index (χ3v) is 5.51. The fourth-order valence-corrected chi connectivity index (χ4v) is 3.49. The Morgan fingerprint density at radius 3 is 2.71 bits per heavy atom. The molecule has 0 unspecified atom stereocenters. The number of fused-ring (bicyclic) bond motifs is 1. The molecule has 0 fully saturated rings. The highest BCUT2D eigenvalue weighted by Crippen LogP contribution is 2.36. The van der Waals surface area contributed by atoms with Crippen molar-refractivity contribution >= 4 is 29.4 Å². The average Bonchev–Trinajstić information content (AvgIpc) is 3.26. The zero-order chi connectivity index (χ0) is 24.5. The molecule has 0 saturated heterocycles. The van der Waals surface area contributed by atoms with Gasteiger partial charge in [-0.2, -0.15) is 5.10 Å². The summed E-state index contributed by atoms with van der Waals surface area (Å²) in [5.74, 6) is 1.27. The second-order valence-corrected chi connectivity index (χ2v) is 9.09. The van der Waals surface area contributed by atoms with Crippen molar-refractivity contribution in [2.24, 2.45) is 5.10 Å². The topological polar surface area (TPSA) is 116 Å². The van der Waals surface area contributed by atoms with E-state index in [-0.39, 0.29) is 17.7 Å². The van der Waals surface area contributed by atoms with Gasteiger partial charge >= 0.3 is 0 Å². The van der Waals surface area contributed by atoms with E-state index in [0.29, 0.717) is 33.6 Å². The first-order chi connectivity index (χ1) is 16.1. The van der Waals surface area contributed by atoms with Crippen LogP contribution in [-0.2, 0) is 10.2 Å². The lowest BCUT2D eigenvalue weighted by atomic mass is 9.87. The largest absolute Gasteiger partial charge is 0.485 e. The zero-order valence-corrected chi connectivity index (χ0v) is 19.5. The van der Waals surface area contributed by atoms with Crippen molar-refractivity contribution < 1.29 is 23.6 Å². The lowest BCUT2D eigenvalue weighted by Crippen LogP contribution is -2.42. The van der Waals surface area contributed by atoms with Crippen LogP contribution in [0.4, 0.5) is 5.69 Å². The Kier molecular flexibility index (Phi) is 6.30. The van der Waals surface area contributed by atoms with Crippen LogP contribution in [0.5, 0.6) is 11.5 Å². The molecule has 2 heterocycles. The van der Waals surface area contributed by atoms with Crippen molar-refractivity contribution in [3.8, 4) is 22.8 Å². The second-order valence-electron chi connectivity index (χ2n) is 8.69. The highest BCUT2D eigenvalue weighted by atomic mass is 35.5.